The predicted octanol–water partition coefficient (Wildman–Crippen LogP) is 6.70. The first-order chi connectivity index (χ1) is 16.3. The number of rotatable bonds is 8. The number of amides is 1. The van der Waals surface area contributed by atoms with E-state index in [-0.39, 0.29) is 17.7 Å². The molecular formula is C29H26N2OS. The zero-order chi connectivity index (χ0) is 22.5. The fourth-order valence-corrected chi connectivity index (χ4v) is 5.35. The van der Waals surface area contributed by atoms with E-state index in [0.717, 1.165) is 16.6 Å². The smallest absolute Gasteiger partial charge is 0.220 e. The Bertz CT molecular complexity index is 1270. The molecule has 0 spiro atoms. The maximum atomic E-state index is 13.2. The monoisotopic (exact) mass is 450 g/mol. The number of hydrogen-bond acceptors (Lipinski definition) is 2. The first-order valence-electron chi connectivity index (χ1n) is 11.3. The maximum Gasteiger partial charge on any atom is 0.220 e. The van der Waals surface area contributed by atoms with Gasteiger partial charge in [0.1, 0.15) is 0 Å². The second kappa shape index (κ2) is 9.88. The summed E-state index contributed by atoms with van der Waals surface area (Å²) in [5.74, 6) is 0.201. The van der Waals surface area contributed by atoms with Gasteiger partial charge < -0.3 is 10.3 Å². The predicted molar refractivity (Wildman–Crippen MR) is 137 cm³/mol. The Morgan fingerprint density at radius 3 is 2.12 bits per heavy atom. The normalized spacial score (nSPS) is 12.2. The van der Waals surface area contributed by atoms with E-state index in [0.29, 0.717) is 13.0 Å². The second-order valence-corrected chi connectivity index (χ2v) is 9.22. The minimum Gasteiger partial charge on any atom is -0.361 e. The number of benzene rings is 3. The van der Waals surface area contributed by atoms with Crippen molar-refractivity contribution in [2.75, 3.05) is 6.54 Å². The molecule has 5 aromatic rings. The molecule has 1 atom stereocenters. The van der Waals surface area contributed by atoms with Gasteiger partial charge in [-0.2, -0.15) is 0 Å². The van der Waals surface area contributed by atoms with Crippen LogP contribution in [0.1, 0.15) is 39.8 Å². The molecule has 3 nitrogen and oxygen atoms in total. The van der Waals surface area contributed by atoms with Gasteiger partial charge in [-0.25, -0.2) is 0 Å². The Morgan fingerprint density at radius 1 is 0.788 bits per heavy atom. The average Bonchev–Trinajstić information content (AvgIpc) is 3.55. The first kappa shape index (κ1) is 21.2. The lowest BCUT2D eigenvalue weighted by Crippen LogP contribution is -2.30. The van der Waals surface area contributed by atoms with Crippen LogP contribution in [-0.2, 0) is 4.79 Å². The molecule has 2 N–H and O–H groups in total. The summed E-state index contributed by atoms with van der Waals surface area (Å²) >= 11 is 1.73. The molecule has 0 saturated heterocycles. The van der Waals surface area contributed by atoms with E-state index in [1.807, 2.05) is 42.5 Å². The van der Waals surface area contributed by atoms with Crippen molar-refractivity contribution in [1.82, 2.24) is 10.3 Å². The third kappa shape index (κ3) is 4.76. The number of hydrogen-bond donors (Lipinski definition) is 2. The molecule has 0 aliphatic heterocycles. The molecule has 0 radical (unpaired) electrons. The molecule has 0 fully saturated rings. The van der Waals surface area contributed by atoms with Gasteiger partial charge in [0.2, 0.25) is 5.91 Å². The molecule has 4 heteroatoms. The van der Waals surface area contributed by atoms with Crippen LogP contribution in [-0.4, -0.2) is 17.4 Å². The molecule has 0 aliphatic carbocycles. The molecule has 1 unspecified atom stereocenters. The van der Waals surface area contributed by atoms with Gasteiger partial charge in [0, 0.05) is 46.8 Å². The number of carbonyl (C=O) groups is 1. The molecule has 0 bridgehead atoms. The average molecular weight is 451 g/mol. The highest BCUT2D eigenvalue weighted by Crippen LogP contribution is 2.33. The summed E-state index contributed by atoms with van der Waals surface area (Å²) in [4.78, 5) is 17.8. The van der Waals surface area contributed by atoms with Crippen LogP contribution in [0, 0.1) is 0 Å². The van der Waals surface area contributed by atoms with Crippen molar-refractivity contribution in [1.29, 1.82) is 0 Å². The summed E-state index contributed by atoms with van der Waals surface area (Å²) < 4.78 is 0. The third-order valence-electron chi connectivity index (χ3n) is 6.18. The van der Waals surface area contributed by atoms with E-state index in [2.05, 4.69) is 76.5 Å². The van der Waals surface area contributed by atoms with Gasteiger partial charge >= 0.3 is 0 Å². The van der Waals surface area contributed by atoms with Crippen LogP contribution < -0.4 is 5.32 Å². The highest BCUT2D eigenvalue weighted by molar-refractivity contribution is 7.10. The summed E-state index contributed by atoms with van der Waals surface area (Å²) in [6.45, 7) is 0.567. The highest BCUT2D eigenvalue weighted by Gasteiger charge is 2.22. The number of thiophene rings is 1. The van der Waals surface area contributed by atoms with Crippen molar-refractivity contribution < 1.29 is 4.79 Å². The lowest BCUT2D eigenvalue weighted by molar-refractivity contribution is -0.121. The Morgan fingerprint density at radius 2 is 1.45 bits per heavy atom. The van der Waals surface area contributed by atoms with E-state index < -0.39 is 0 Å². The quantitative estimate of drug-likeness (QED) is 0.271. The zero-order valence-electron chi connectivity index (χ0n) is 18.3. The lowest BCUT2D eigenvalue weighted by atomic mass is 9.88. The molecule has 0 saturated carbocycles. The molecule has 33 heavy (non-hydrogen) atoms. The molecule has 0 aliphatic rings. The summed E-state index contributed by atoms with van der Waals surface area (Å²) in [5.41, 5.74) is 4.65. The Labute approximate surface area is 198 Å². The van der Waals surface area contributed by atoms with Crippen LogP contribution in [0.2, 0.25) is 0 Å². The standard InChI is InChI=1S/C29H26N2OS/c32-29(18-24(21-10-3-1-4-11-21)22-12-5-2-6-13-22)31-20-26(28-16-9-17-33-28)25-19-30-27-15-8-7-14-23(25)27/h1-17,19,24,26,30H,18,20H2,(H,31,32). The van der Waals surface area contributed by atoms with Crippen LogP contribution in [0.5, 0.6) is 0 Å². The largest absolute Gasteiger partial charge is 0.361 e. The molecule has 2 aromatic heterocycles. The van der Waals surface area contributed by atoms with Crippen molar-refractivity contribution in [2.45, 2.75) is 18.3 Å². The van der Waals surface area contributed by atoms with Gasteiger partial charge in [-0.1, -0.05) is 84.9 Å². The molecule has 1 amide bonds. The third-order valence-corrected chi connectivity index (χ3v) is 7.17. The topological polar surface area (TPSA) is 44.9 Å². The first-order valence-corrected chi connectivity index (χ1v) is 12.1. The summed E-state index contributed by atoms with van der Waals surface area (Å²) in [6, 6.07) is 33.1. The SMILES string of the molecule is O=C(CC(c1ccccc1)c1ccccc1)NCC(c1cccs1)c1c[nH]c2ccccc12. The molecule has 3 aromatic carbocycles. The van der Waals surface area contributed by atoms with E-state index in [9.17, 15) is 4.79 Å². The van der Waals surface area contributed by atoms with Gasteiger partial charge in [0.05, 0.1) is 0 Å². The van der Waals surface area contributed by atoms with Crippen molar-refractivity contribution in [3.8, 4) is 0 Å². The van der Waals surface area contributed by atoms with E-state index in [1.165, 1.54) is 15.8 Å². The number of aromatic nitrogens is 1. The fraction of sp³-hybridized carbons (Fsp3) is 0.138. The van der Waals surface area contributed by atoms with Crippen LogP contribution in [0.3, 0.4) is 0 Å². The Hall–Kier alpha value is -3.63. The number of H-pyrrole nitrogens is 1. The summed E-state index contributed by atoms with van der Waals surface area (Å²) in [7, 11) is 0. The van der Waals surface area contributed by atoms with E-state index in [1.54, 1.807) is 11.3 Å². The van der Waals surface area contributed by atoms with E-state index >= 15 is 0 Å². The van der Waals surface area contributed by atoms with Crippen LogP contribution in [0.15, 0.2) is 109 Å². The van der Waals surface area contributed by atoms with Crippen molar-refractivity contribution in [3.05, 3.63) is 130 Å². The fourth-order valence-electron chi connectivity index (χ4n) is 4.51. The highest BCUT2D eigenvalue weighted by atomic mass is 32.1. The Balaban J connectivity index is 1.36. The molecular weight excluding hydrogens is 424 g/mol. The lowest BCUT2D eigenvalue weighted by Gasteiger charge is -2.20. The van der Waals surface area contributed by atoms with Gasteiger partial charge in [0.25, 0.3) is 0 Å². The number of carbonyl (C=O) groups excluding carboxylic acids is 1. The van der Waals surface area contributed by atoms with Gasteiger partial charge in [-0.3, -0.25) is 4.79 Å². The minimum absolute atomic E-state index is 0.0284. The van der Waals surface area contributed by atoms with Gasteiger partial charge in [-0.05, 0) is 34.2 Å². The summed E-state index contributed by atoms with van der Waals surface area (Å²) in [5, 5.41) is 6.55. The second-order valence-electron chi connectivity index (χ2n) is 8.24. The van der Waals surface area contributed by atoms with Crippen LogP contribution in [0.4, 0.5) is 0 Å². The molecule has 164 valence electrons. The van der Waals surface area contributed by atoms with Crippen molar-refractivity contribution >= 4 is 28.1 Å². The summed E-state index contributed by atoms with van der Waals surface area (Å²) in [6.07, 6.45) is 2.50. The van der Waals surface area contributed by atoms with Crippen molar-refractivity contribution in [3.63, 3.8) is 0 Å². The van der Waals surface area contributed by atoms with Gasteiger partial charge in [-0.15, -0.1) is 11.3 Å². The molecule has 2 heterocycles. The molecule has 5 rings (SSSR count). The zero-order valence-corrected chi connectivity index (χ0v) is 19.1. The number of para-hydroxylation sites is 1. The maximum absolute atomic E-state index is 13.2. The van der Waals surface area contributed by atoms with Crippen LogP contribution in [0.25, 0.3) is 10.9 Å². The number of fused-ring (bicyclic) bond motifs is 1. The van der Waals surface area contributed by atoms with Gasteiger partial charge in [0.15, 0.2) is 0 Å². The van der Waals surface area contributed by atoms with Crippen molar-refractivity contribution in [2.24, 2.45) is 0 Å². The Kier molecular flexibility index (Phi) is 6.36. The minimum atomic E-state index is 0.0284. The van der Waals surface area contributed by atoms with E-state index in [4.69, 9.17) is 0 Å². The van der Waals surface area contributed by atoms with Crippen LogP contribution >= 0.6 is 11.3 Å². The number of aromatic amines is 1. The number of nitrogens with one attached hydrogen (secondary N) is 2.